The van der Waals surface area contributed by atoms with Gasteiger partial charge in [0.05, 0.1) is 19.1 Å². The van der Waals surface area contributed by atoms with E-state index < -0.39 is 23.7 Å². The first kappa shape index (κ1) is 27.5. The van der Waals surface area contributed by atoms with Crippen LogP contribution >= 0.6 is 0 Å². The molecule has 40 heavy (non-hydrogen) atoms. The van der Waals surface area contributed by atoms with Crippen LogP contribution < -0.4 is 15.1 Å². The molecular formula is C30H34FN5O4. The second-order valence-electron chi connectivity index (χ2n) is 10.4. The zero-order valence-electron chi connectivity index (χ0n) is 22.6. The highest BCUT2D eigenvalue weighted by Gasteiger charge is 2.32. The summed E-state index contributed by atoms with van der Waals surface area (Å²) in [5.74, 6) is -2.04. The molecule has 0 saturated carbocycles. The number of aryl methyl sites for hydroxylation is 1. The van der Waals surface area contributed by atoms with Crippen LogP contribution in [0.2, 0.25) is 0 Å². The standard InChI is InChI=1S/C30H34FN5O4/c1-20-4-8-22(9-5-20)23-10-6-21(7-11-23)17-25(30(38)39)34-29(37)24-3-2-12-36(18-24)28-26(31)27(32-19-33-28)35-13-15-40-16-14-35/h4-11,19,24-25H,2-3,12-18H2,1H3,(H,34,37)(H,38,39)/t24?,25-/m0/s1. The molecule has 2 saturated heterocycles. The highest BCUT2D eigenvalue weighted by molar-refractivity contribution is 5.85. The maximum absolute atomic E-state index is 15.5. The van der Waals surface area contributed by atoms with Gasteiger partial charge in [0.25, 0.3) is 0 Å². The SMILES string of the molecule is Cc1ccc(-c2ccc(C[C@H](NC(=O)C3CCCN(c4ncnc(N5CCOCC5)c4F)C3)C(=O)O)cc2)cc1. The smallest absolute Gasteiger partial charge is 0.326 e. The molecular weight excluding hydrogens is 513 g/mol. The first-order valence-electron chi connectivity index (χ1n) is 13.7. The summed E-state index contributed by atoms with van der Waals surface area (Å²) in [6, 6.07) is 14.8. The van der Waals surface area contributed by atoms with E-state index in [0.29, 0.717) is 45.7 Å². The maximum atomic E-state index is 15.5. The van der Waals surface area contributed by atoms with Gasteiger partial charge in [-0.15, -0.1) is 0 Å². The number of morpholine rings is 1. The van der Waals surface area contributed by atoms with Crippen LogP contribution in [0.4, 0.5) is 16.0 Å². The normalized spacial score (nSPS) is 18.3. The Hall–Kier alpha value is -4.05. The molecule has 0 radical (unpaired) electrons. The number of hydrogen-bond donors (Lipinski definition) is 2. The molecule has 0 spiro atoms. The Morgan fingerprint density at radius 3 is 2.27 bits per heavy atom. The zero-order chi connectivity index (χ0) is 28.1. The number of anilines is 2. The predicted molar refractivity (Wildman–Crippen MR) is 150 cm³/mol. The molecule has 210 valence electrons. The summed E-state index contributed by atoms with van der Waals surface area (Å²) in [6.45, 7) is 4.94. The molecule has 1 aromatic heterocycles. The van der Waals surface area contributed by atoms with Crippen molar-refractivity contribution in [3.05, 3.63) is 71.8 Å². The van der Waals surface area contributed by atoms with Crippen molar-refractivity contribution < 1.29 is 23.8 Å². The van der Waals surface area contributed by atoms with Crippen LogP contribution in [0.1, 0.15) is 24.0 Å². The number of carboxylic acid groups (broad SMARTS) is 1. The Kier molecular flexibility index (Phi) is 8.54. The number of nitrogens with zero attached hydrogens (tertiary/aromatic N) is 4. The lowest BCUT2D eigenvalue weighted by Gasteiger charge is -2.34. The van der Waals surface area contributed by atoms with Crippen molar-refractivity contribution in [1.82, 2.24) is 15.3 Å². The van der Waals surface area contributed by atoms with Gasteiger partial charge < -0.3 is 25.0 Å². The molecule has 2 aromatic carbocycles. The maximum Gasteiger partial charge on any atom is 0.326 e. The molecule has 0 aliphatic carbocycles. The Bertz CT molecular complexity index is 1330. The molecule has 2 aliphatic heterocycles. The van der Waals surface area contributed by atoms with Crippen LogP contribution in [0, 0.1) is 18.7 Å². The number of carbonyl (C=O) groups is 2. The number of carboxylic acids is 1. The summed E-state index contributed by atoms with van der Waals surface area (Å²) in [7, 11) is 0. The van der Waals surface area contributed by atoms with Gasteiger partial charge in [0.1, 0.15) is 12.4 Å². The lowest BCUT2D eigenvalue weighted by Crippen LogP contribution is -2.49. The van der Waals surface area contributed by atoms with Crippen LogP contribution in [0.25, 0.3) is 11.1 Å². The van der Waals surface area contributed by atoms with E-state index in [2.05, 4.69) is 27.4 Å². The Morgan fingerprint density at radius 2 is 1.62 bits per heavy atom. The number of amides is 1. The van der Waals surface area contributed by atoms with Gasteiger partial charge in [-0.1, -0.05) is 54.1 Å². The van der Waals surface area contributed by atoms with Gasteiger partial charge in [-0.2, -0.15) is 4.39 Å². The van der Waals surface area contributed by atoms with Crippen molar-refractivity contribution in [2.45, 2.75) is 32.2 Å². The number of aromatic nitrogens is 2. The first-order valence-corrected chi connectivity index (χ1v) is 13.7. The molecule has 3 aromatic rings. The predicted octanol–water partition coefficient (Wildman–Crippen LogP) is 3.46. The lowest BCUT2D eigenvalue weighted by atomic mass is 9.95. The molecule has 1 amide bonds. The van der Waals surface area contributed by atoms with Crippen LogP contribution in [0.3, 0.4) is 0 Å². The number of rotatable bonds is 8. The van der Waals surface area contributed by atoms with Crippen LogP contribution in [-0.4, -0.2) is 72.4 Å². The highest BCUT2D eigenvalue weighted by atomic mass is 19.1. The first-order chi connectivity index (χ1) is 19.4. The highest BCUT2D eigenvalue weighted by Crippen LogP contribution is 2.29. The van der Waals surface area contributed by atoms with Crippen molar-refractivity contribution in [3.8, 4) is 11.1 Å². The molecule has 10 heteroatoms. The fourth-order valence-electron chi connectivity index (χ4n) is 5.26. The molecule has 1 unspecified atom stereocenters. The fraction of sp³-hybridized carbons (Fsp3) is 0.400. The molecule has 9 nitrogen and oxygen atoms in total. The minimum atomic E-state index is -1.10. The molecule has 0 bridgehead atoms. The van der Waals surface area contributed by atoms with Crippen molar-refractivity contribution in [3.63, 3.8) is 0 Å². The monoisotopic (exact) mass is 547 g/mol. The Labute approximate surface area is 233 Å². The minimum absolute atomic E-state index is 0.162. The van der Waals surface area contributed by atoms with E-state index in [-0.39, 0.29) is 30.5 Å². The quantitative estimate of drug-likeness (QED) is 0.442. The average Bonchev–Trinajstić information content (AvgIpc) is 2.98. The summed E-state index contributed by atoms with van der Waals surface area (Å²) < 4.78 is 20.8. The van der Waals surface area contributed by atoms with Crippen molar-refractivity contribution in [2.24, 2.45) is 5.92 Å². The van der Waals surface area contributed by atoms with Gasteiger partial charge in [0.2, 0.25) is 11.7 Å². The molecule has 3 heterocycles. The second-order valence-corrected chi connectivity index (χ2v) is 10.4. The average molecular weight is 548 g/mol. The van der Waals surface area contributed by atoms with E-state index in [1.54, 1.807) is 4.90 Å². The molecule has 2 aliphatic rings. The number of piperidine rings is 1. The Morgan fingerprint density at radius 1 is 1.00 bits per heavy atom. The topological polar surface area (TPSA) is 108 Å². The van der Waals surface area contributed by atoms with E-state index in [1.165, 1.54) is 11.9 Å². The van der Waals surface area contributed by atoms with Gasteiger partial charge in [0, 0.05) is 32.6 Å². The van der Waals surface area contributed by atoms with E-state index >= 15 is 4.39 Å². The Balaban J connectivity index is 1.23. The second kappa shape index (κ2) is 12.4. The zero-order valence-corrected chi connectivity index (χ0v) is 22.6. The number of carbonyl (C=O) groups excluding carboxylic acids is 1. The van der Waals surface area contributed by atoms with E-state index in [4.69, 9.17) is 4.74 Å². The number of nitrogens with one attached hydrogen (secondary N) is 1. The summed E-state index contributed by atoms with van der Waals surface area (Å²) in [4.78, 5) is 37.2. The van der Waals surface area contributed by atoms with Gasteiger partial charge in [-0.25, -0.2) is 14.8 Å². The number of benzene rings is 2. The largest absolute Gasteiger partial charge is 0.480 e. The molecule has 2 atom stereocenters. The number of ether oxygens (including phenoxy) is 1. The third kappa shape index (κ3) is 6.39. The van der Waals surface area contributed by atoms with Crippen molar-refractivity contribution >= 4 is 23.5 Å². The van der Waals surface area contributed by atoms with Crippen LogP contribution in [-0.2, 0) is 20.7 Å². The fourth-order valence-corrected chi connectivity index (χ4v) is 5.26. The summed E-state index contributed by atoms with van der Waals surface area (Å²) in [5.41, 5.74) is 4.11. The molecule has 2 N–H and O–H groups in total. The number of halogens is 1. The van der Waals surface area contributed by atoms with Crippen LogP contribution in [0.5, 0.6) is 0 Å². The number of aliphatic carboxylic acids is 1. The molecule has 2 fully saturated rings. The summed E-state index contributed by atoms with van der Waals surface area (Å²) in [5, 5.41) is 12.6. The van der Waals surface area contributed by atoms with Gasteiger partial charge in [-0.3, -0.25) is 4.79 Å². The van der Waals surface area contributed by atoms with Crippen molar-refractivity contribution in [1.29, 1.82) is 0 Å². The van der Waals surface area contributed by atoms with Gasteiger partial charge >= 0.3 is 5.97 Å². The van der Waals surface area contributed by atoms with E-state index in [1.807, 2.05) is 48.2 Å². The van der Waals surface area contributed by atoms with Gasteiger partial charge in [0.15, 0.2) is 11.6 Å². The van der Waals surface area contributed by atoms with Crippen molar-refractivity contribution in [2.75, 3.05) is 49.2 Å². The minimum Gasteiger partial charge on any atom is -0.480 e. The van der Waals surface area contributed by atoms with E-state index in [9.17, 15) is 14.7 Å². The third-order valence-corrected chi connectivity index (χ3v) is 7.55. The summed E-state index contributed by atoms with van der Waals surface area (Å²) >= 11 is 0. The van der Waals surface area contributed by atoms with Gasteiger partial charge in [-0.05, 0) is 36.5 Å². The number of hydrogen-bond acceptors (Lipinski definition) is 7. The summed E-state index contributed by atoms with van der Waals surface area (Å²) in [6.07, 6.45) is 2.75. The van der Waals surface area contributed by atoms with E-state index in [0.717, 1.165) is 16.7 Å². The lowest BCUT2D eigenvalue weighted by molar-refractivity contribution is -0.142. The van der Waals surface area contributed by atoms with Crippen LogP contribution in [0.15, 0.2) is 54.9 Å². The third-order valence-electron chi connectivity index (χ3n) is 7.55. The molecule has 5 rings (SSSR count).